The fraction of sp³-hybridized carbons (Fsp3) is 0.391. The standard InChI is InChI=1S/C23H27F3N4O3/c1-15(21(31)27-18-6-8-20(9-7-18)33-23(25)26)29-10-12-30(13-11-29)16(2)22(32)28-19-5-3-4-17(24)14-19/h3-9,14-16,23H,10-13H2,1-2H3,(H,27,31)(H,28,32). The van der Waals surface area contributed by atoms with Gasteiger partial charge in [-0.25, -0.2) is 4.39 Å². The molecular formula is C23H27F3N4O3. The van der Waals surface area contributed by atoms with Gasteiger partial charge in [0, 0.05) is 37.6 Å². The summed E-state index contributed by atoms with van der Waals surface area (Å²) in [6, 6.07) is 10.6. The lowest BCUT2D eigenvalue weighted by Crippen LogP contribution is -2.56. The van der Waals surface area contributed by atoms with Crippen LogP contribution in [-0.4, -0.2) is 66.5 Å². The van der Waals surface area contributed by atoms with Crippen molar-refractivity contribution in [1.82, 2.24) is 9.80 Å². The molecule has 7 nitrogen and oxygen atoms in total. The number of nitrogens with zero attached hydrogens (tertiary/aromatic N) is 2. The molecule has 0 aromatic heterocycles. The summed E-state index contributed by atoms with van der Waals surface area (Å²) >= 11 is 0. The van der Waals surface area contributed by atoms with E-state index in [0.29, 0.717) is 37.6 Å². The van der Waals surface area contributed by atoms with Crippen molar-refractivity contribution in [3.63, 3.8) is 0 Å². The quantitative estimate of drug-likeness (QED) is 0.627. The minimum Gasteiger partial charge on any atom is -0.435 e. The van der Waals surface area contributed by atoms with Crippen LogP contribution in [0.1, 0.15) is 13.8 Å². The zero-order valence-corrected chi connectivity index (χ0v) is 18.4. The Morgan fingerprint density at radius 2 is 1.36 bits per heavy atom. The number of carbonyl (C=O) groups excluding carboxylic acids is 2. The van der Waals surface area contributed by atoms with E-state index in [-0.39, 0.29) is 17.6 Å². The smallest absolute Gasteiger partial charge is 0.387 e. The zero-order valence-electron chi connectivity index (χ0n) is 18.4. The number of ether oxygens (including phenoxy) is 1. The van der Waals surface area contributed by atoms with Crippen LogP contribution < -0.4 is 15.4 Å². The van der Waals surface area contributed by atoms with Crippen molar-refractivity contribution in [1.29, 1.82) is 0 Å². The molecule has 33 heavy (non-hydrogen) atoms. The Balaban J connectivity index is 1.47. The summed E-state index contributed by atoms with van der Waals surface area (Å²) < 4.78 is 42.1. The molecule has 1 fully saturated rings. The second-order valence-corrected chi connectivity index (χ2v) is 7.82. The average Bonchev–Trinajstić information content (AvgIpc) is 2.79. The van der Waals surface area contributed by atoms with Crippen LogP contribution >= 0.6 is 0 Å². The first kappa shape index (κ1) is 24.5. The molecule has 1 aliphatic heterocycles. The lowest BCUT2D eigenvalue weighted by molar-refractivity contribution is -0.124. The molecule has 1 aliphatic rings. The molecule has 2 N–H and O–H groups in total. The van der Waals surface area contributed by atoms with E-state index in [4.69, 9.17) is 0 Å². The van der Waals surface area contributed by atoms with Gasteiger partial charge >= 0.3 is 6.61 Å². The van der Waals surface area contributed by atoms with Gasteiger partial charge in [0.15, 0.2) is 0 Å². The van der Waals surface area contributed by atoms with Crippen LogP contribution in [-0.2, 0) is 9.59 Å². The maximum Gasteiger partial charge on any atom is 0.387 e. The number of hydrogen-bond acceptors (Lipinski definition) is 5. The van der Waals surface area contributed by atoms with Gasteiger partial charge in [0.2, 0.25) is 11.8 Å². The van der Waals surface area contributed by atoms with Crippen LogP contribution in [0, 0.1) is 5.82 Å². The number of halogens is 3. The second kappa shape index (κ2) is 11.2. The summed E-state index contributed by atoms with van der Waals surface area (Å²) in [6.45, 7) is 3.05. The molecule has 1 heterocycles. The van der Waals surface area contributed by atoms with Crippen LogP contribution in [0.2, 0.25) is 0 Å². The lowest BCUT2D eigenvalue weighted by Gasteiger charge is -2.39. The third-order valence-corrected chi connectivity index (χ3v) is 5.64. The van der Waals surface area contributed by atoms with Gasteiger partial charge in [-0.2, -0.15) is 8.78 Å². The first-order valence-corrected chi connectivity index (χ1v) is 10.6. The monoisotopic (exact) mass is 464 g/mol. The molecule has 0 radical (unpaired) electrons. The molecule has 3 rings (SSSR count). The Bertz CT molecular complexity index is 950. The number of alkyl halides is 2. The maximum atomic E-state index is 13.3. The third kappa shape index (κ3) is 6.93. The minimum atomic E-state index is -2.90. The Morgan fingerprint density at radius 3 is 1.85 bits per heavy atom. The van der Waals surface area contributed by atoms with Crippen LogP contribution in [0.25, 0.3) is 0 Å². The Labute approximate surface area is 190 Å². The van der Waals surface area contributed by atoms with Crippen molar-refractivity contribution in [3.8, 4) is 5.75 Å². The fourth-order valence-corrected chi connectivity index (χ4v) is 3.62. The van der Waals surface area contributed by atoms with Crippen molar-refractivity contribution in [2.45, 2.75) is 32.5 Å². The van der Waals surface area contributed by atoms with E-state index in [9.17, 15) is 22.8 Å². The van der Waals surface area contributed by atoms with E-state index in [1.807, 2.05) is 9.80 Å². The molecule has 0 aliphatic carbocycles. The van der Waals surface area contributed by atoms with E-state index in [1.165, 1.54) is 42.5 Å². The molecule has 178 valence electrons. The second-order valence-electron chi connectivity index (χ2n) is 7.82. The number of carbonyl (C=O) groups is 2. The Hall–Kier alpha value is -3.11. The maximum absolute atomic E-state index is 13.3. The normalized spacial score (nSPS) is 16.8. The van der Waals surface area contributed by atoms with Crippen molar-refractivity contribution < 1.29 is 27.5 Å². The summed E-state index contributed by atoms with van der Waals surface area (Å²) in [4.78, 5) is 29.2. The van der Waals surface area contributed by atoms with Crippen molar-refractivity contribution in [2.24, 2.45) is 0 Å². The number of hydrogen-bond donors (Lipinski definition) is 2. The molecule has 0 saturated carbocycles. The molecule has 0 spiro atoms. The van der Waals surface area contributed by atoms with E-state index >= 15 is 0 Å². The van der Waals surface area contributed by atoms with E-state index in [2.05, 4.69) is 15.4 Å². The first-order valence-electron chi connectivity index (χ1n) is 10.6. The highest BCUT2D eigenvalue weighted by Gasteiger charge is 2.29. The molecule has 2 unspecified atom stereocenters. The molecular weight excluding hydrogens is 437 g/mol. The van der Waals surface area contributed by atoms with Crippen molar-refractivity contribution >= 4 is 23.2 Å². The van der Waals surface area contributed by atoms with E-state index in [0.717, 1.165) is 0 Å². The van der Waals surface area contributed by atoms with E-state index in [1.54, 1.807) is 19.9 Å². The topological polar surface area (TPSA) is 73.9 Å². The number of rotatable bonds is 8. The van der Waals surface area contributed by atoms with Gasteiger partial charge in [-0.15, -0.1) is 0 Å². The first-order chi connectivity index (χ1) is 15.7. The molecule has 0 bridgehead atoms. The fourth-order valence-electron chi connectivity index (χ4n) is 3.62. The van der Waals surface area contributed by atoms with Gasteiger partial charge < -0.3 is 15.4 Å². The Morgan fingerprint density at radius 1 is 0.848 bits per heavy atom. The summed E-state index contributed by atoms with van der Waals surface area (Å²) in [7, 11) is 0. The van der Waals surface area contributed by atoms with Gasteiger partial charge in [-0.05, 0) is 56.3 Å². The molecule has 10 heteroatoms. The lowest BCUT2D eigenvalue weighted by atomic mass is 10.1. The molecule has 2 amide bonds. The van der Waals surface area contributed by atoms with Crippen molar-refractivity contribution in [3.05, 3.63) is 54.3 Å². The summed E-state index contributed by atoms with van der Waals surface area (Å²) in [6.07, 6.45) is 0. The SMILES string of the molecule is CC(C(=O)Nc1ccc(OC(F)F)cc1)N1CCN(C(C)C(=O)Nc2cccc(F)c2)CC1. The van der Waals surface area contributed by atoms with Gasteiger partial charge in [-0.1, -0.05) is 6.07 Å². The van der Waals surface area contributed by atoms with Gasteiger partial charge in [-0.3, -0.25) is 19.4 Å². The Kier molecular flexibility index (Phi) is 8.29. The van der Waals surface area contributed by atoms with Gasteiger partial charge in [0.1, 0.15) is 11.6 Å². The highest BCUT2D eigenvalue weighted by atomic mass is 19.3. The number of anilines is 2. The van der Waals surface area contributed by atoms with Crippen LogP contribution in [0.5, 0.6) is 5.75 Å². The van der Waals surface area contributed by atoms with Crippen molar-refractivity contribution in [2.75, 3.05) is 36.8 Å². The number of amides is 2. The number of piperazine rings is 1. The molecule has 2 aromatic rings. The molecule has 2 atom stereocenters. The van der Waals surface area contributed by atoms with E-state index < -0.39 is 24.5 Å². The van der Waals surface area contributed by atoms with Crippen LogP contribution in [0.15, 0.2) is 48.5 Å². The highest BCUT2D eigenvalue weighted by Crippen LogP contribution is 2.19. The third-order valence-electron chi connectivity index (χ3n) is 5.64. The van der Waals surface area contributed by atoms with Gasteiger partial charge in [0.25, 0.3) is 0 Å². The largest absolute Gasteiger partial charge is 0.435 e. The zero-order chi connectivity index (χ0) is 24.0. The molecule has 1 saturated heterocycles. The predicted molar refractivity (Wildman–Crippen MR) is 119 cm³/mol. The van der Waals surface area contributed by atoms with Gasteiger partial charge in [0.05, 0.1) is 12.1 Å². The summed E-state index contributed by atoms with van der Waals surface area (Å²) in [5, 5.41) is 5.50. The number of nitrogens with one attached hydrogen (secondary N) is 2. The van der Waals surface area contributed by atoms with Crippen LogP contribution in [0.4, 0.5) is 24.5 Å². The predicted octanol–water partition coefficient (Wildman–Crippen LogP) is 3.40. The number of benzene rings is 2. The van der Waals surface area contributed by atoms with Crippen LogP contribution in [0.3, 0.4) is 0 Å². The highest BCUT2D eigenvalue weighted by molar-refractivity contribution is 5.95. The minimum absolute atomic E-state index is 0.0164. The molecule has 2 aromatic carbocycles. The average molecular weight is 464 g/mol. The summed E-state index contributed by atoms with van der Waals surface area (Å²) in [5.74, 6) is -0.844. The summed E-state index contributed by atoms with van der Waals surface area (Å²) in [5.41, 5.74) is 0.888.